The van der Waals surface area contributed by atoms with Crippen molar-refractivity contribution in [3.8, 4) is 0 Å². The van der Waals surface area contributed by atoms with Gasteiger partial charge in [0.1, 0.15) is 6.33 Å². The van der Waals surface area contributed by atoms with E-state index in [4.69, 9.17) is 4.74 Å². The summed E-state index contributed by atoms with van der Waals surface area (Å²) in [6.07, 6.45) is 2.17. The van der Waals surface area contributed by atoms with Gasteiger partial charge in [-0.2, -0.15) is 0 Å². The number of nitrogens with zero attached hydrogens (tertiary/aromatic N) is 3. The number of carbonyl (C=O) groups excluding carboxylic acids is 1. The summed E-state index contributed by atoms with van der Waals surface area (Å²) in [5.41, 5.74) is 0. The van der Waals surface area contributed by atoms with Crippen LogP contribution in [0, 0.1) is 0 Å². The summed E-state index contributed by atoms with van der Waals surface area (Å²) >= 11 is 0. The molecule has 5 heteroatoms. The first kappa shape index (κ1) is 7.87. The maximum atomic E-state index is 10.3. The molecule has 0 radical (unpaired) electrons. The summed E-state index contributed by atoms with van der Waals surface area (Å²) in [6, 6.07) is 0. The lowest BCUT2D eigenvalue weighted by molar-refractivity contribution is 0.110. The molecule has 0 aliphatic carbocycles. The van der Waals surface area contributed by atoms with Crippen molar-refractivity contribution in [2.75, 3.05) is 13.7 Å². The number of ether oxygens (including phenoxy) is 1. The molecule has 0 bridgehead atoms. The Kier molecular flexibility index (Phi) is 2.74. The summed E-state index contributed by atoms with van der Waals surface area (Å²) in [7, 11) is 1.60. The van der Waals surface area contributed by atoms with Crippen LogP contribution in [0.1, 0.15) is 10.6 Å². The Balaban J connectivity index is 2.61. The van der Waals surface area contributed by atoms with E-state index >= 15 is 0 Å². The Hall–Kier alpha value is -1.23. The molecule has 60 valence electrons. The monoisotopic (exact) mass is 155 g/mol. The second-order valence-electron chi connectivity index (χ2n) is 1.99. The topological polar surface area (TPSA) is 57.0 Å². The van der Waals surface area contributed by atoms with Gasteiger partial charge in [0.05, 0.1) is 6.61 Å². The number of hydrogen-bond acceptors (Lipinski definition) is 4. The third-order valence-corrected chi connectivity index (χ3v) is 1.29. The molecule has 0 N–H and O–H groups in total. The summed E-state index contributed by atoms with van der Waals surface area (Å²) < 4.78 is 6.46. The maximum absolute atomic E-state index is 10.3. The highest BCUT2D eigenvalue weighted by molar-refractivity contribution is 5.68. The lowest BCUT2D eigenvalue weighted by Crippen LogP contribution is -2.06. The van der Waals surface area contributed by atoms with Gasteiger partial charge >= 0.3 is 0 Å². The zero-order chi connectivity index (χ0) is 8.10. The van der Waals surface area contributed by atoms with Gasteiger partial charge in [0.15, 0.2) is 12.1 Å². The molecule has 5 nitrogen and oxygen atoms in total. The summed E-state index contributed by atoms with van der Waals surface area (Å²) in [5, 5.41) is 7.15. The smallest absolute Gasteiger partial charge is 0.196 e. The van der Waals surface area contributed by atoms with Gasteiger partial charge in [-0.25, -0.2) is 0 Å². The molecule has 1 heterocycles. The molecule has 0 unspecified atom stereocenters. The molecule has 0 aromatic carbocycles. The molecule has 0 aliphatic heterocycles. The van der Waals surface area contributed by atoms with Gasteiger partial charge in [0, 0.05) is 13.7 Å². The minimum Gasteiger partial charge on any atom is -0.383 e. The van der Waals surface area contributed by atoms with E-state index in [-0.39, 0.29) is 0 Å². The highest BCUT2D eigenvalue weighted by Crippen LogP contribution is 1.90. The van der Waals surface area contributed by atoms with Crippen LogP contribution in [0.5, 0.6) is 0 Å². The SMILES string of the molecule is COCCn1cnnc1C=O. The van der Waals surface area contributed by atoms with Crippen molar-refractivity contribution in [3.05, 3.63) is 12.2 Å². The third kappa shape index (κ3) is 1.84. The Morgan fingerprint density at radius 3 is 3.27 bits per heavy atom. The van der Waals surface area contributed by atoms with Crippen molar-refractivity contribution in [2.24, 2.45) is 0 Å². The van der Waals surface area contributed by atoms with Gasteiger partial charge in [0.25, 0.3) is 0 Å². The van der Waals surface area contributed by atoms with Crippen molar-refractivity contribution >= 4 is 6.29 Å². The molecule has 11 heavy (non-hydrogen) atoms. The minimum atomic E-state index is 0.335. The van der Waals surface area contributed by atoms with E-state index in [1.54, 1.807) is 11.7 Å². The van der Waals surface area contributed by atoms with Crippen LogP contribution in [0.4, 0.5) is 0 Å². The van der Waals surface area contributed by atoms with Gasteiger partial charge in [-0.15, -0.1) is 10.2 Å². The number of methoxy groups -OCH3 is 1. The average molecular weight is 155 g/mol. The molecule has 0 saturated heterocycles. The predicted octanol–water partition coefficient (Wildman–Crippen LogP) is -0.263. The molecular formula is C6H9N3O2. The highest BCUT2D eigenvalue weighted by atomic mass is 16.5. The lowest BCUT2D eigenvalue weighted by Gasteiger charge is -1.99. The number of aldehydes is 1. The van der Waals surface area contributed by atoms with E-state index in [9.17, 15) is 4.79 Å². The average Bonchev–Trinajstić information content (AvgIpc) is 2.47. The van der Waals surface area contributed by atoms with E-state index in [1.165, 1.54) is 6.33 Å². The van der Waals surface area contributed by atoms with Gasteiger partial charge in [-0.1, -0.05) is 0 Å². The first-order chi connectivity index (χ1) is 5.38. The van der Waals surface area contributed by atoms with Crippen LogP contribution in [0.3, 0.4) is 0 Å². The predicted molar refractivity (Wildman–Crippen MR) is 37.3 cm³/mol. The van der Waals surface area contributed by atoms with E-state index in [0.717, 1.165) is 0 Å². The van der Waals surface area contributed by atoms with Crippen molar-refractivity contribution in [2.45, 2.75) is 6.54 Å². The third-order valence-electron chi connectivity index (χ3n) is 1.29. The number of aromatic nitrogens is 3. The molecule has 1 rings (SSSR count). The molecular weight excluding hydrogens is 146 g/mol. The quantitative estimate of drug-likeness (QED) is 0.562. The van der Waals surface area contributed by atoms with E-state index in [0.29, 0.717) is 25.3 Å². The molecule has 0 amide bonds. The first-order valence-corrected chi connectivity index (χ1v) is 3.20. The molecule has 0 fully saturated rings. The van der Waals surface area contributed by atoms with Crippen LogP contribution >= 0.6 is 0 Å². The molecule has 0 atom stereocenters. The number of rotatable bonds is 4. The number of hydrogen-bond donors (Lipinski definition) is 0. The van der Waals surface area contributed by atoms with Crippen molar-refractivity contribution in [1.82, 2.24) is 14.8 Å². The van der Waals surface area contributed by atoms with Crippen molar-refractivity contribution in [3.63, 3.8) is 0 Å². The van der Waals surface area contributed by atoms with Gasteiger partial charge in [0.2, 0.25) is 0 Å². The fourth-order valence-electron chi connectivity index (χ4n) is 0.717. The largest absolute Gasteiger partial charge is 0.383 e. The van der Waals surface area contributed by atoms with Gasteiger partial charge < -0.3 is 9.30 Å². The Labute approximate surface area is 64.0 Å². The minimum absolute atomic E-state index is 0.335. The lowest BCUT2D eigenvalue weighted by atomic mass is 10.6. The maximum Gasteiger partial charge on any atom is 0.196 e. The van der Waals surface area contributed by atoms with E-state index in [2.05, 4.69) is 10.2 Å². The van der Waals surface area contributed by atoms with Gasteiger partial charge in [-0.3, -0.25) is 4.79 Å². The van der Waals surface area contributed by atoms with Crippen molar-refractivity contribution in [1.29, 1.82) is 0 Å². The molecule has 1 aromatic rings. The zero-order valence-corrected chi connectivity index (χ0v) is 6.23. The van der Waals surface area contributed by atoms with Crippen LogP contribution in [0.2, 0.25) is 0 Å². The molecule has 1 aromatic heterocycles. The number of carbonyl (C=O) groups is 1. The zero-order valence-electron chi connectivity index (χ0n) is 6.23. The molecule has 0 spiro atoms. The normalized spacial score (nSPS) is 9.91. The van der Waals surface area contributed by atoms with Crippen LogP contribution < -0.4 is 0 Å². The Bertz CT molecular complexity index is 233. The second kappa shape index (κ2) is 3.82. The summed E-state index contributed by atoms with van der Waals surface area (Å²) in [5.74, 6) is 0.335. The molecule has 0 aliphatic rings. The fourth-order valence-corrected chi connectivity index (χ4v) is 0.717. The van der Waals surface area contributed by atoms with Crippen LogP contribution in [0.15, 0.2) is 6.33 Å². The van der Waals surface area contributed by atoms with Crippen LogP contribution in [-0.2, 0) is 11.3 Å². The Morgan fingerprint density at radius 1 is 1.82 bits per heavy atom. The van der Waals surface area contributed by atoms with E-state index in [1.807, 2.05) is 0 Å². The fraction of sp³-hybridized carbons (Fsp3) is 0.500. The summed E-state index contributed by atoms with van der Waals surface area (Å²) in [4.78, 5) is 10.3. The Morgan fingerprint density at radius 2 is 2.64 bits per heavy atom. The van der Waals surface area contributed by atoms with Crippen molar-refractivity contribution < 1.29 is 9.53 Å². The summed E-state index contributed by atoms with van der Waals surface area (Å²) in [6.45, 7) is 1.16. The van der Waals surface area contributed by atoms with Crippen LogP contribution in [0.25, 0.3) is 0 Å². The first-order valence-electron chi connectivity index (χ1n) is 3.20. The molecule has 0 saturated carbocycles. The standard InChI is InChI=1S/C6H9N3O2/c1-11-3-2-9-5-7-8-6(9)4-10/h4-5H,2-3H2,1H3. The van der Waals surface area contributed by atoms with Gasteiger partial charge in [-0.05, 0) is 0 Å². The highest BCUT2D eigenvalue weighted by Gasteiger charge is 1.99. The van der Waals surface area contributed by atoms with E-state index < -0.39 is 0 Å². The second-order valence-corrected chi connectivity index (χ2v) is 1.99. The van der Waals surface area contributed by atoms with Crippen LogP contribution in [-0.4, -0.2) is 34.8 Å².